The molecule has 0 bridgehead atoms. The molecule has 1 amide bonds. The third-order valence-corrected chi connectivity index (χ3v) is 4.24. The maximum Gasteiger partial charge on any atom is 0.354 e. The Kier molecular flexibility index (Phi) is 5.52. The van der Waals surface area contributed by atoms with Crippen molar-refractivity contribution >= 4 is 11.9 Å². The summed E-state index contributed by atoms with van der Waals surface area (Å²) in [7, 11) is 0. The van der Waals surface area contributed by atoms with Gasteiger partial charge in [0.1, 0.15) is 24.6 Å². The number of carbonyl (C=O) groups is 2. The summed E-state index contributed by atoms with van der Waals surface area (Å²) in [5.74, 6) is -1.17. The van der Waals surface area contributed by atoms with E-state index < -0.39 is 5.97 Å². The predicted octanol–water partition coefficient (Wildman–Crippen LogP) is 0.152. The van der Waals surface area contributed by atoms with Crippen LogP contribution in [0.5, 0.6) is 0 Å². The minimum absolute atomic E-state index is 0.0526. The Labute approximate surface area is 149 Å². The lowest BCUT2D eigenvalue weighted by atomic mass is 10.2. The minimum Gasteiger partial charge on any atom is -0.477 e. The highest BCUT2D eigenvalue weighted by Crippen LogP contribution is 2.15. The standard InChI is InChI=1S/C16H19FN6O3/c17-3-4-21-5-7-22(8-6-21)15(24)11-23-10-14(19-20-23)12-1-2-13(16(25)26)18-9-12/h1-2,9-10H,3-8,11H2,(H,25,26). The molecule has 1 aliphatic heterocycles. The van der Waals surface area contributed by atoms with Crippen LogP contribution in [0.1, 0.15) is 10.5 Å². The highest BCUT2D eigenvalue weighted by Gasteiger charge is 2.21. The Morgan fingerprint density at radius 1 is 1.19 bits per heavy atom. The number of carbonyl (C=O) groups excluding carboxylic acids is 1. The van der Waals surface area contributed by atoms with E-state index in [-0.39, 0.29) is 24.8 Å². The van der Waals surface area contributed by atoms with Gasteiger partial charge in [0, 0.05) is 44.5 Å². The first-order chi connectivity index (χ1) is 12.6. The monoisotopic (exact) mass is 362 g/mol. The van der Waals surface area contributed by atoms with Gasteiger partial charge >= 0.3 is 5.97 Å². The van der Waals surface area contributed by atoms with Gasteiger partial charge in [0.2, 0.25) is 5.91 Å². The Balaban J connectivity index is 1.58. The van der Waals surface area contributed by atoms with Crippen LogP contribution < -0.4 is 0 Å². The van der Waals surface area contributed by atoms with E-state index in [1.807, 2.05) is 4.90 Å². The number of piperazine rings is 1. The zero-order chi connectivity index (χ0) is 18.5. The topological polar surface area (TPSA) is 104 Å². The van der Waals surface area contributed by atoms with Gasteiger partial charge < -0.3 is 10.0 Å². The molecule has 0 aromatic carbocycles. The van der Waals surface area contributed by atoms with E-state index >= 15 is 0 Å². The van der Waals surface area contributed by atoms with Gasteiger partial charge in [-0.1, -0.05) is 5.21 Å². The van der Waals surface area contributed by atoms with Crippen LogP contribution in [0.4, 0.5) is 4.39 Å². The summed E-state index contributed by atoms with van der Waals surface area (Å²) in [5.41, 5.74) is 1.08. The third-order valence-electron chi connectivity index (χ3n) is 4.24. The number of carboxylic acid groups (broad SMARTS) is 1. The van der Waals surface area contributed by atoms with Gasteiger partial charge in [-0.25, -0.2) is 18.9 Å². The van der Waals surface area contributed by atoms with Crippen LogP contribution in [0.2, 0.25) is 0 Å². The summed E-state index contributed by atoms with van der Waals surface area (Å²) >= 11 is 0. The van der Waals surface area contributed by atoms with Crippen molar-refractivity contribution in [3.05, 3.63) is 30.2 Å². The van der Waals surface area contributed by atoms with Crippen molar-refractivity contribution in [3.8, 4) is 11.3 Å². The number of hydrogen-bond acceptors (Lipinski definition) is 6. The molecule has 9 nitrogen and oxygen atoms in total. The second kappa shape index (κ2) is 8.00. The van der Waals surface area contributed by atoms with Gasteiger partial charge in [0.15, 0.2) is 0 Å². The molecule has 1 saturated heterocycles. The largest absolute Gasteiger partial charge is 0.477 e. The molecular formula is C16H19FN6O3. The smallest absolute Gasteiger partial charge is 0.354 e. The molecule has 0 radical (unpaired) electrons. The van der Waals surface area contributed by atoms with Crippen molar-refractivity contribution in [2.75, 3.05) is 39.4 Å². The first-order valence-electron chi connectivity index (χ1n) is 8.23. The van der Waals surface area contributed by atoms with Crippen molar-refractivity contribution in [2.45, 2.75) is 6.54 Å². The molecule has 0 saturated carbocycles. The molecule has 0 spiro atoms. The van der Waals surface area contributed by atoms with Crippen LogP contribution >= 0.6 is 0 Å². The van der Waals surface area contributed by atoms with E-state index in [1.165, 1.54) is 16.9 Å². The SMILES string of the molecule is O=C(O)c1ccc(-c2cn(CC(=O)N3CCN(CCF)CC3)nn2)cn1. The average molecular weight is 362 g/mol. The molecule has 10 heteroatoms. The number of rotatable bonds is 6. The number of pyridine rings is 1. The highest BCUT2D eigenvalue weighted by molar-refractivity contribution is 5.85. The fourth-order valence-electron chi connectivity index (χ4n) is 2.76. The number of alkyl halides is 1. The van der Waals surface area contributed by atoms with Crippen LogP contribution in [-0.2, 0) is 11.3 Å². The summed E-state index contributed by atoms with van der Waals surface area (Å²) in [6.45, 7) is 2.57. The molecule has 0 aliphatic carbocycles. The minimum atomic E-state index is -1.10. The summed E-state index contributed by atoms with van der Waals surface area (Å²) in [4.78, 5) is 30.8. The Morgan fingerprint density at radius 3 is 2.58 bits per heavy atom. The molecule has 1 aliphatic rings. The number of aromatic nitrogens is 4. The number of amides is 1. The van der Waals surface area contributed by atoms with Gasteiger partial charge in [-0.3, -0.25) is 9.69 Å². The number of halogens is 1. The van der Waals surface area contributed by atoms with Crippen molar-refractivity contribution in [3.63, 3.8) is 0 Å². The van der Waals surface area contributed by atoms with Gasteiger partial charge in [-0.05, 0) is 12.1 Å². The predicted molar refractivity (Wildman–Crippen MR) is 89.2 cm³/mol. The molecule has 138 valence electrons. The fourth-order valence-corrected chi connectivity index (χ4v) is 2.76. The van der Waals surface area contributed by atoms with E-state index in [4.69, 9.17) is 5.11 Å². The molecule has 2 aromatic heterocycles. The van der Waals surface area contributed by atoms with Crippen LogP contribution in [0.15, 0.2) is 24.5 Å². The first-order valence-corrected chi connectivity index (χ1v) is 8.23. The van der Waals surface area contributed by atoms with E-state index in [0.29, 0.717) is 44.0 Å². The molecule has 26 heavy (non-hydrogen) atoms. The maximum atomic E-state index is 12.4. The van der Waals surface area contributed by atoms with Crippen molar-refractivity contribution in [1.82, 2.24) is 29.8 Å². The Morgan fingerprint density at radius 2 is 1.96 bits per heavy atom. The molecule has 3 heterocycles. The zero-order valence-corrected chi connectivity index (χ0v) is 14.1. The maximum absolute atomic E-state index is 12.4. The molecule has 1 N–H and O–H groups in total. The zero-order valence-electron chi connectivity index (χ0n) is 14.1. The van der Waals surface area contributed by atoms with Crippen LogP contribution in [0.25, 0.3) is 11.3 Å². The van der Waals surface area contributed by atoms with Gasteiger partial charge in [0.05, 0.1) is 6.20 Å². The Hall–Kier alpha value is -2.88. The van der Waals surface area contributed by atoms with Gasteiger partial charge in [-0.15, -0.1) is 5.10 Å². The highest BCUT2D eigenvalue weighted by atomic mass is 19.1. The number of nitrogens with zero attached hydrogens (tertiary/aromatic N) is 6. The van der Waals surface area contributed by atoms with E-state index in [9.17, 15) is 14.0 Å². The summed E-state index contributed by atoms with van der Waals surface area (Å²) in [6.07, 6.45) is 3.03. The normalized spacial score (nSPS) is 15.2. The van der Waals surface area contributed by atoms with Crippen LogP contribution in [0, 0.1) is 0 Å². The summed E-state index contributed by atoms with van der Waals surface area (Å²) < 4.78 is 13.8. The molecule has 0 unspecified atom stereocenters. The Bertz CT molecular complexity index is 771. The molecule has 0 atom stereocenters. The quantitative estimate of drug-likeness (QED) is 0.780. The van der Waals surface area contributed by atoms with Crippen molar-refractivity contribution < 1.29 is 19.1 Å². The molecule has 3 rings (SSSR count). The number of carboxylic acids is 1. The van der Waals surface area contributed by atoms with Gasteiger partial charge in [-0.2, -0.15) is 0 Å². The molecular weight excluding hydrogens is 343 g/mol. The molecule has 2 aromatic rings. The second-order valence-electron chi connectivity index (χ2n) is 5.95. The van der Waals surface area contributed by atoms with Crippen molar-refractivity contribution in [1.29, 1.82) is 0 Å². The van der Waals surface area contributed by atoms with Gasteiger partial charge in [0.25, 0.3) is 0 Å². The summed E-state index contributed by atoms with van der Waals surface area (Å²) in [5, 5.41) is 16.8. The lowest BCUT2D eigenvalue weighted by Gasteiger charge is -2.34. The van der Waals surface area contributed by atoms with E-state index in [2.05, 4.69) is 15.3 Å². The van der Waals surface area contributed by atoms with Crippen LogP contribution in [-0.4, -0.2) is 86.2 Å². The molecule has 1 fully saturated rings. The van der Waals surface area contributed by atoms with E-state index in [0.717, 1.165) is 0 Å². The lowest BCUT2D eigenvalue weighted by molar-refractivity contribution is -0.133. The average Bonchev–Trinajstić information content (AvgIpc) is 3.11. The number of hydrogen-bond donors (Lipinski definition) is 1. The third kappa shape index (κ3) is 4.20. The number of aromatic carboxylic acids is 1. The first kappa shape index (κ1) is 17.9. The van der Waals surface area contributed by atoms with E-state index in [1.54, 1.807) is 17.2 Å². The second-order valence-corrected chi connectivity index (χ2v) is 5.95. The van der Waals surface area contributed by atoms with Crippen molar-refractivity contribution in [2.24, 2.45) is 0 Å². The fraction of sp³-hybridized carbons (Fsp3) is 0.438. The lowest BCUT2D eigenvalue weighted by Crippen LogP contribution is -2.49. The summed E-state index contributed by atoms with van der Waals surface area (Å²) in [6, 6.07) is 2.98. The van der Waals surface area contributed by atoms with Crippen LogP contribution in [0.3, 0.4) is 0 Å².